The van der Waals surface area contributed by atoms with Crippen molar-refractivity contribution in [2.75, 3.05) is 7.11 Å². The lowest BCUT2D eigenvalue weighted by Gasteiger charge is -2.24. The van der Waals surface area contributed by atoms with E-state index in [1.807, 2.05) is 30.3 Å². The van der Waals surface area contributed by atoms with Crippen molar-refractivity contribution in [1.29, 1.82) is 0 Å². The molecule has 1 N–H and O–H groups in total. The van der Waals surface area contributed by atoms with E-state index in [2.05, 4.69) is 22.2 Å². The number of benzene rings is 1. The fraction of sp³-hybridized carbons (Fsp3) is 0.500. The Morgan fingerprint density at radius 1 is 1.09 bits per heavy atom. The molecule has 2 saturated carbocycles. The lowest BCUT2D eigenvalue weighted by Crippen LogP contribution is -2.34. The van der Waals surface area contributed by atoms with Crippen molar-refractivity contribution in [1.82, 2.24) is 14.9 Å². The van der Waals surface area contributed by atoms with E-state index in [4.69, 9.17) is 14.5 Å². The highest BCUT2D eigenvalue weighted by Gasteiger charge is 2.24. The molecular weight excluding hydrogens is 458 g/mol. The van der Waals surface area contributed by atoms with Crippen molar-refractivity contribution in [3.63, 3.8) is 0 Å². The van der Waals surface area contributed by atoms with Crippen LogP contribution in [0.1, 0.15) is 63.5 Å². The topological polar surface area (TPSA) is 65.4 Å². The van der Waals surface area contributed by atoms with Gasteiger partial charge in [-0.2, -0.15) is 0 Å². The second-order valence-corrected chi connectivity index (χ2v) is 10.7. The Morgan fingerprint density at radius 2 is 1.80 bits per heavy atom. The Kier molecular flexibility index (Phi) is 7.42. The number of nitrogens with zero attached hydrogens (tertiary/aromatic N) is 2. The predicted molar refractivity (Wildman–Crippen MR) is 140 cm³/mol. The van der Waals surface area contributed by atoms with Crippen LogP contribution in [0.4, 0.5) is 4.79 Å². The largest absolute Gasteiger partial charge is 0.497 e. The van der Waals surface area contributed by atoms with Crippen molar-refractivity contribution in [2.24, 2.45) is 5.92 Å². The molecular formula is C28H35N3O3S. The molecule has 0 atom stereocenters. The average Bonchev–Trinajstić information content (AvgIpc) is 3.63. The number of carbonyl (C=O) groups is 1. The van der Waals surface area contributed by atoms with Crippen LogP contribution in [-0.4, -0.2) is 28.8 Å². The molecule has 7 heteroatoms. The van der Waals surface area contributed by atoms with Gasteiger partial charge in [0, 0.05) is 29.6 Å². The molecule has 1 amide bonds. The van der Waals surface area contributed by atoms with Crippen molar-refractivity contribution < 1.29 is 14.3 Å². The summed E-state index contributed by atoms with van der Waals surface area (Å²) in [6.45, 7) is 2.99. The van der Waals surface area contributed by atoms with E-state index in [0.717, 1.165) is 52.8 Å². The van der Waals surface area contributed by atoms with Crippen LogP contribution in [-0.2, 0) is 6.54 Å². The second-order valence-electron chi connectivity index (χ2n) is 9.88. The van der Waals surface area contributed by atoms with Crippen molar-refractivity contribution in [2.45, 2.75) is 77.3 Å². The third kappa shape index (κ3) is 5.56. The van der Waals surface area contributed by atoms with Gasteiger partial charge in [0.1, 0.15) is 10.8 Å². The van der Waals surface area contributed by atoms with E-state index in [1.165, 1.54) is 44.9 Å². The Hall–Kier alpha value is -2.80. The van der Waals surface area contributed by atoms with Gasteiger partial charge in [-0.25, -0.2) is 9.78 Å². The van der Waals surface area contributed by atoms with Crippen LogP contribution in [0.25, 0.3) is 22.0 Å². The number of hydrogen-bond acceptors (Lipinski definition) is 5. The number of thiazole rings is 1. The molecule has 2 aliphatic rings. The summed E-state index contributed by atoms with van der Waals surface area (Å²) in [5.41, 5.74) is 4.00. The molecule has 3 aromatic rings. The number of nitrogens with one attached hydrogen (secondary N) is 1. The van der Waals surface area contributed by atoms with E-state index in [-0.39, 0.29) is 12.1 Å². The first-order valence-corrected chi connectivity index (χ1v) is 13.8. The van der Waals surface area contributed by atoms with E-state index in [0.29, 0.717) is 11.7 Å². The van der Waals surface area contributed by atoms with Crippen LogP contribution in [0.5, 0.6) is 11.5 Å². The normalized spacial score (nSPS) is 17.0. The zero-order chi connectivity index (χ0) is 24.2. The average molecular weight is 494 g/mol. The Labute approximate surface area is 211 Å². The summed E-state index contributed by atoms with van der Waals surface area (Å²) in [4.78, 5) is 17.6. The van der Waals surface area contributed by atoms with Gasteiger partial charge in [-0.3, -0.25) is 0 Å². The van der Waals surface area contributed by atoms with Gasteiger partial charge >= 0.3 is 6.09 Å². The molecule has 2 heterocycles. The van der Waals surface area contributed by atoms with E-state index < -0.39 is 0 Å². The summed E-state index contributed by atoms with van der Waals surface area (Å²) >= 11 is 1.63. The number of aromatic nitrogens is 2. The zero-order valence-corrected chi connectivity index (χ0v) is 21.5. The SMILES string of the molecule is COc1ccc(-c2nc(-c3cc(OC(=O)NC4CCCC4)c(C)n3CC3CCCCC3)cs2)cc1. The monoisotopic (exact) mass is 493 g/mol. The maximum atomic E-state index is 12.6. The number of methoxy groups -OCH3 is 1. The van der Waals surface area contributed by atoms with Crippen LogP contribution in [0.3, 0.4) is 0 Å². The van der Waals surface area contributed by atoms with Crippen LogP contribution >= 0.6 is 11.3 Å². The highest BCUT2D eigenvalue weighted by atomic mass is 32.1. The second kappa shape index (κ2) is 10.9. The van der Waals surface area contributed by atoms with Gasteiger partial charge < -0.3 is 19.4 Å². The highest BCUT2D eigenvalue weighted by molar-refractivity contribution is 7.13. The van der Waals surface area contributed by atoms with Crippen LogP contribution in [0.2, 0.25) is 0 Å². The highest BCUT2D eigenvalue weighted by Crippen LogP contribution is 2.36. The number of ether oxygens (including phenoxy) is 2. The Balaban J connectivity index is 1.42. The van der Waals surface area contributed by atoms with Crippen LogP contribution < -0.4 is 14.8 Å². The lowest BCUT2D eigenvalue weighted by atomic mass is 9.89. The molecule has 186 valence electrons. The minimum absolute atomic E-state index is 0.234. The fourth-order valence-electron chi connectivity index (χ4n) is 5.42. The lowest BCUT2D eigenvalue weighted by molar-refractivity contribution is 0.195. The smallest absolute Gasteiger partial charge is 0.412 e. The van der Waals surface area contributed by atoms with Crippen LogP contribution in [0.15, 0.2) is 35.7 Å². The summed E-state index contributed by atoms with van der Waals surface area (Å²) in [6, 6.07) is 10.2. The van der Waals surface area contributed by atoms with E-state index in [1.54, 1.807) is 18.4 Å². The zero-order valence-electron chi connectivity index (χ0n) is 20.7. The summed E-state index contributed by atoms with van der Waals surface area (Å²) in [5.74, 6) is 2.11. The van der Waals surface area contributed by atoms with Crippen molar-refractivity contribution in [3.8, 4) is 33.5 Å². The van der Waals surface area contributed by atoms with Gasteiger partial charge in [0.15, 0.2) is 5.75 Å². The molecule has 0 saturated heterocycles. The van der Waals surface area contributed by atoms with Gasteiger partial charge in [-0.1, -0.05) is 32.1 Å². The molecule has 0 aliphatic heterocycles. The minimum Gasteiger partial charge on any atom is -0.497 e. The van der Waals surface area contributed by atoms with Gasteiger partial charge in [0.2, 0.25) is 0 Å². The summed E-state index contributed by atoms with van der Waals surface area (Å²) in [5, 5.41) is 6.12. The molecule has 5 rings (SSSR count). The molecule has 6 nitrogen and oxygen atoms in total. The molecule has 0 bridgehead atoms. The summed E-state index contributed by atoms with van der Waals surface area (Å²) in [6.07, 6.45) is 10.5. The van der Waals surface area contributed by atoms with E-state index >= 15 is 0 Å². The number of hydrogen-bond donors (Lipinski definition) is 1. The number of rotatable bonds is 7. The molecule has 0 unspecified atom stereocenters. The molecule has 2 fully saturated rings. The van der Waals surface area contributed by atoms with Gasteiger partial charge in [0.05, 0.1) is 24.2 Å². The molecule has 0 spiro atoms. The van der Waals surface area contributed by atoms with Crippen molar-refractivity contribution in [3.05, 3.63) is 41.4 Å². The first-order valence-electron chi connectivity index (χ1n) is 12.9. The first kappa shape index (κ1) is 23.9. The fourth-order valence-corrected chi connectivity index (χ4v) is 6.24. The van der Waals surface area contributed by atoms with Gasteiger partial charge in [-0.15, -0.1) is 11.3 Å². The molecule has 1 aromatic carbocycles. The predicted octanol–water partition coefficient (Wildman–Crippen LogP) is 7.21. The standard InChI is InChI=1S/C28H35N3O3S/c1-19-26(34-28(32)29-22-10-6-7-11-22)16-25(31(19)17-20-8-4-3-5-9-20)24-18-35-27(30-24)21-12-14-23(33-2)15-13-21/h12-16,18,20,22H,3-11,17H2,1-2H3,(H,29,32). The molecule has 0 radical (unpaired) electrons. The maximum Gasteiger partial charge on any atom is 0.412 e. The minimum atomic E-state index is -0.349. The van der Waals surface area contributed by atoms with Crippen molar-refractivity contribution >= 4 is 17.4 Å². The van der Waals surface area contributed by atoms with Gasteiger partial charge in [0.25, 0.3) is 0 Å². The Morgan fingerprint density at radius 3 is 2.51 bits per heavy atom. The van der Waals surface area contributed by atoms with Gasteiger partial charge in [-0.05, 0) is 62.8 Å². The first-order chi connectivity index (χ1) is 17.1. The third-order valence-corrected chi connectivity index (χ3v) is 8.36. The molecule has 2 aromatic heterocycles. The quantitative estimate of drug-likeness (QED) is 0.378. The third-order valence-electron chi connectivity index (χ3n) is 7.47. The summed E-state index contributed by atoms with van der Waals surface area (Å²) in [7, 11) is 1.67. The molecule has 35 heavy (non-hydrogen) atoms. The number of amides is 1. The van der Waals surface area contributed by atoms with E-state index in [9.17, 15) is 4.79 Å². The summed E-state index contributed by atoms with van der Waals surface area (Å²) < 4.78 is 13.5. The molecule has 2 aliphatic carbocycles. The maximum absolute atomic E-state index is 12.6. The Bertz CT molecular complexity index is 1140. The van der Waals surface area contributed by atoms with Crippen LogP contribution in [0, 0.1) is 12.8 Å². The number of carbonyl (C=O) groups excluding carboxylic acids is 1.